The Morgan fingerprint density at radius 1 is 1.21 bits per heavy atom. The number of aliphatic hydroxyl groups is 2. The minimum atomic E-state index is -0.973. The number of likely N-dealkylation sites (tertiary alicyclic amines) is 1. The molecule has 1 aliphatic carbocycles. The van der Waals surface area contributed by atoms with Crippen LogP contribution in [0.3, 0.4) is 0 Å². The summed E-state index contributed by atoms with van der Waals surface area (Å²) in [4.78, 5) is 14.5. The Labute approximate surface area is 168 Å². The van der Waals surface area contributed by atoms with Gasteiger partial charge < -0.3 is 20.7 Å². The molecule has 1 aromatic rings. The van der Waals surface area contributed by atoms with Gasteiger partial charge >= 0.3 is 5.97 Å². The van der Waals surface area contributed by atoms with E-state index in [1.807, 2.05) is 0 Å². The predicted molar refractivity (Wildman–Crippen MR) is 101 cm³/mol. The third-order valence-corrected chi connectivity index (χ3v) is 7.12. The van der Waals surface area contributed by atoms with E-state index in [2.05, 4.69) is 15.5 Å². The highest BCUT2D eigenvalue weighted by Crippen LogP contribution is 2.46. The number of nitrogens with zero attached hydrogens (tertiary/aromatic N) is 1. The van der Waals surface area contributed by atoms with E-state index in [4.69, 9.17) is 22.1 Å². The number of carbonyl (C=O) groups excluding carboxylic acids is 1. The lowest BCUT2D eigenvalue weighted by Crippen LogP contribution is -2.64. The molecule has 0 bridgehead atoms. The largest absolute Gasteiger partial charge is 0.453 e. The second-order valence-corrected chi connectivity index (χ2v) is 8.69. The monoisotopic (exact) mass is 408 g/mol. The highest BCUT2D eigenvalue weighted by molar-refractivity contribution is 6.31. The van der Waals surface area contributed by atoms with Gasteiger partial charge in [0.1, 0.15) is 6.10 Å². The van der Waals surface area contributed by atoms with E-state index in [1.165, 1.54) is 0 Å². The average molecular weight is 409 g/mol. The zero-order valence-corrected chi connectivity index (χ0v) is 16.0. The van der Waals surface area contributed by atoms with Crippen LogP contribution in [0.4, 0.5) is 0 Å². The molecule has 0 radical (unpaired) electrons. The molecule has 2 saturated heterocycles. The van der Waals surface area contributed by atoms with Gasteiger partial charge in [-0.2, -0.15) is 0 Å². The van der Waals surface area contributed by atoms with Gasteiger partial charge in [-0.05, 0) is 25.0 Å². The van der Waals surface area contributed by atoms with Gasteiger partial charge in [0.2, 0.25) is 0 Å². The molecule has 0 amide bonds. The number of nitrogens with two attached hydrogens (primary N) is 1. The number of halogens is 1. The molecule has 8 nitrogen and oxygen atoms in total. The molecule has 4 aliphatic rings. The minimum Gasteiger partial charge on any atom is -0.453 e. The van der Waals surface area contributed by atoms with Crippen LogP contribution in [0.1, 0.15) is 34.9 Å². The molecule has 0 aromatic heterocycles. The number of carbonyl (C=O) groups is 1. The third-order valence-electron chi connectivity index (χ3n) is 6.88. The van der Waals surface area contributed by atoms with E-state index >= 15 is 0 Å². The topological polar surface area (TPSA) is 120 Å². The van der Waals surface area contributed by atoms with Crippen LogP contribution < -0.4 is 16.4 Å². The van der Waals surface area contributed by atoms with Gasteiger partial charge in [-0.25, -0.2) is 4.79 Å². The van der Waals surface area contributed by atoms with E-state index in [9.17, 15) is 15.0 Å². The number of fused-ring (bicyclic) bond motifs is 2. The normalized spacial score (nSPS) is 43.1. The van der Waals surface area contributed by atoms with E-state index in [-0.39, 0.29) is 30.2 Å². The summed E-state index contributed by atoms with van der Waals surface area (Å²) < 4.78 is 5.59. The van der Waals surface area contributed by atoms with Crippen LogP contribution in [0, 0.1) is 11.8 Å². The highest BCUT2D eigenvalue weighted by atomic mass is 35.5. The molecule has 1 aromatic carbocycles. The van der Waals surface area contributed by atoms with E-state index in [1.54, 1.807) is 18.2 Å². The Morgan fingerprint density at radius 2 is 2.04 bits per heavy atom. The fourth-order valence-electron chi connectivity index (χ4n) is 5.48. The molecular formula is C19H25ClN4O4. The average Bonchev–Trinajstić information content (AvgIpc) is 3.32. The number of hydrogen-bond donors (Lipinski definition) is 5. The molecule has 0 spiro atoms. The molecule has 3 heterocycles. The lowest BCUT2D eigenvalue weighted by atomic mass is 9.91. The molecule has 5 rings (SSSR count). The smallest absolute Gasteiger partial charge is 0.339 e. The quantitative estimate of drug-likeness (QED) is 0.425. The number of hydrogen-bond acceptors (Lipinski definition) is 8. The number of rotatable bonds is 2. The maximum atomic E-state index is 12.3. The molecule has 3 fully saturated rings. The fourth-order valence-corrected chi connectivity index (χ4v) is 5.65. The zero-order chi connectivity index (χ0) is 19.6. The lowest BCUT2D eigenvalue weighted by Gasteiger charge is -2.40. The van der Waals surface area contributed by atoms with E-state index < -0.39 is 24.3 Å². The molecule has 3 unspecified atom stereocenters. The van der Waals surface area contributed by atoms with Gasteiger partial charge in [-0.15, -0.1) is 0 Å². The number of cyclic esters (lactones) is 1. The van der Waals surface area contributed by atoms with Crippen molar-refractivity contribution >= 4 is 17.6 Å². The Morgan fingerprint density at radius 3 is 2.86 bits per heavy atom. The van der Waals surface area contributed by atoms with Crippen molar-refractivity contribution < 1.29 is 19.7 Å². The second-order valence-electron chi connectivity index (χ2n) is 8.25. The van der Waals surface area contributed by atoms with Gasteiger partial charge in [0.05, 0.1) is 30.1 Å². The molecule has 9 heteroatoms. The van der Waals surface area contributed by atoms with Crippen LogP contribution in [0.15, 0.2) is 18.2 Å². The lowest BCUT2D eigenvalue weighted by molar-refractivity contribution is -0.0426. The summed E-state index contributed by atoms with van der Waals surface area (Å²) >= 11 is 6.01. The summed E-state index contributed by atoms with van der Waals surface area (Å²) in [5, 5.41) is 28.8. The third kappa shape index (κ3) is 2.79. The Hall–Kier alpha value is -1.26. The van der Waals surface area contributed by atoms with Gasteiger partial charge in [-0.1, -0.05) is 17.7 Å². The molecule has 6 N–H and O–H groups in total. The first kappa shape index (κ1) is 18.7. The molecular weight excluding hydrogens is 384 g/mol. The summed E-state index contributed by atoms with van der Waals surface area (Å²) in [5.74, 6) is -0.551. The molecule has 1 saturated carbocycles. The van der Waals surface area contributed by atoms with Gasteiger partial charge in [0, 0.05) is 41.7 Å². The summed E-state index contributed by atoms with van der Waals surface area (Å²) in [6.45, 7) is 1.41. The molecule has 152 valence electrons. The van der Waals surface area contributed by atoms with Crippen LogP contribution in [0.5, 0.6) is 0 Å². The standard InChI is InChI=1S/C19H25ClN4O4/c20-8-1-2-9-11(5-8)19(27)28-16(9)12-6-13(15(26)14(12)25)24-4-3-10-17(21)22-7-23-18(10)24/h1-2,5,10,12-18,22-23,25-26H,3-4,6-7,21H2/t10?,12-,13+,14+,15-,16+,17?,18?/m0/s1. The highest BCUT2D eigenvalue weighted by Gasteiger charge is 2.54. The summed E-state index contributed by atoms with van der Waals surface area (Å²) in [6, 6.07) is 4.87. The van der Waals surface area contributed by atoms with Crippen LogP contribution in [0.2, 0.25) is 5.02 Å². The van der Waals surface area contributed by atoms with Crippen molar-refractivity contribution in [1.82, 2.24) is 15.5 Å². The number of benzene rings is 1. The number of esters is 1. The van der Waals surface area contributed by atoms with Crippen LogP contribution in [-0.2, 0) is 4.74 Å². The Kier molecular flexibility index (Phi) is 4.63. The van der Waals surface area contributed by atoms with Crippen molar-refractivity contribution in [2.24, 2.45) is 17.6 Å². The SMILES string of the molecule is NC1NCNC2C1CCN2[C@@H]1C[C@H]([C@@H]2OC(=O)c3cc(Cl)ccc32)[C@@H](O)[C@H]1O. The second kappa shape index (κ2) is 6.91. The van der Waals surface area contributed by atoms with Crippen molar-refractivity contribution in [2.75, 3.05) is 13.2 Å². The van der Waals surface area contributed by atoms with Crippen LogP contribution in [0.25, 0.3) is 0 Å². The maximum Gasteiger partial charge on any atom is 0.339 e. The van der Waals surface area contributed by atoms with Crippen molar-refractivity contribution in [3.63, 3.8) is 0 Å². The predicted octanol–water partition coefficient (Wildman–Crippen LogP) is -0.255. The number of aliphatic hydroxyl groups excluding tert-OH is 2. The van der Waals surface area contributed by atoms with Crippen LogP contribution >= 0.6 is 11.6 Å². The van der Waals surface area contributed by atoms with Gasteiger partial charge in [0.25, 0.3) is 0 Å². The van der Waals surface area contributed by atoms with Gasteiger partial charge in [-0.3, -0.25) is 15.5 Å². The number of ether oxygens (including phenoxy) is 1. The molecule has 28 heavy (non-hydrogen) atoms. The Balaban J connectivity index is 1.39. The first-order valence-electron chi connectivity index (χ1n) is 9.80. The van der Waals surface area contributed by atoms with E-state index in [0.717, 1.165) is 18.5 Å². The fraction of sp³-hybridized carbons (Fsp3) is 0.632. The number of nitrogens with one attached hydrogen (secondary N) is 2. The van der Waals surface area contributed by atoms with Crippen molar-refractivity contribution in [3.8, 4) is 0 Å². The minimum absolute atomic E-state index is 0.0686. The maximum absolute atomic E-state index is 12.3. The van der Waals surface area contributed by atoms with Crippen LogP contribution in [-0.4, -0.2) is 64.9 Å². The van der Waals surface area contributed by atoms with Gasteiger partial charge in [0.15, 0.2) is 0 Å². The zero-order valence-electron chi connectivity index (χ0n) is 15.3. The van der Waals surface area contributed by atoms with E-state index in [0.29, 0.717) is 23.7 Å². The van der Waals surface area contributed by atoms with Crippen molar-refractivity contribution in [3.05, 3.63) is 34.3 Å². The molecule has 8 atom stereocenters. The summed E-state index contributed by atoms with van der Waals surface area (Å²) in [6.07, 6.45) is -1.01. The van der Waals surface area contributed by atoms with Crippen molar-refractivity contribution in [2.45, 2.75) is 49.5 Å². The Bertz CT molecular complexity index is 795. The first-order valence-corrected chi connectivity index (χ1v) is 10.2. The molecule has 3 aliphatic heterocycles. The summed E-state index contributed by atoms with van der Waals surface area (Å²) in [7, 11) is 0. The van der Waals surface area contributed by atoms with Crippen molar-refractivity contribution in [1.29, 1.82) is 0 Å². The first-order chi connectivity index (χ1) is 13.5. The summed E-state index contributed by atoms with van der Waals surface area (Å²) in [5.41, 5.74) is 7.36.